The first-order valence-electron chi connectivity index (χ1n) is 6.96. The summed E-state index contributed by atoms with van der Waals surface area (Å²) in [6, 6.07) is 0.00708. The molecule has 0 aromatic heterocycles. The maximum absolute atomic E-state index is 11.8. The molecule has 1 aliphatic carbocycles. The van der Waals surface area contributed by atoms with Crippen LogP contribution in [0.5, 0.6) is 0 Å². The molecule has 0 saturated heterocycles. The first kappa shape index (κ1) is 15.3. The van der Waals surface area contributed by atoms with Gasteiger partial charge < -0.3 is 15.8 Å². The van der Waals surface area contributed by atoms with Crippen LogP contribution in [0.2, 0.25) is 0 Å². The van der Waals surface area contributed by atoms with Crippen molar-refractivity contribution in [2.24, 2.45) is 11.1 Å². The Morgan fingerprint density at radius 3 is 2.33 bits per heavy atom. The highest BCUT2D eigenvalue weighted by atomic mass is 16.6. The Labute approximate surface area is 111 Å². The summed E-state index contributed by atoms with van der Waals surface area (Å²) >= 11 is 0. The molecule has 1 atom stereocenters. The highest BCUT2D eigenvalue weighted by Crippen LogP contribution is 2.38. The molecule has 0 heterocycles. The van der Waals surface area contributed by atoms with Crippen molar-refractivity contribution in [3.63, 3.8) is 0 Å². The molecule has 18 heavy (non-hydrogen) atoms. The molecule has 0 radical (unpaired) electrons. The Balaban J connectivity index is 2.58. The number of amides is 1. The largest absolute Gasteiger partial charge is 0.444 e. The number of hydrogen-bond acceptors (Lipinski definition) is 3. The zero-order valence-electron chi connectivity index (χ0n) is 12.2. The van der Waals surface area contributed by atoms with Gasteiger partial charge in [-0.05, 0) is 39.0 Å². The van der Waals surface area contributed by atoms with Crippen LogP contribution >= 0.6 is 0 Å². The minimum atomic E-state index is -0.462. The van der Waals surface area contributed by atoms with Gasteiger partial charge in [0.05, 0.1) is 0 Å². The van der Waals surface area contributed by atoms with Gasteiger partial charge >= 0.3 is 6.09 Å². The second kappa shape index (κ2) is 5.91. The van der Waals surface area contributed by atoms with E-state index in [0.29, 0.717) is 6.54 Å². The van der Waals surface area contributed by atoms with Gasteiger partial charge in [-0.3, -0.25) is 0 Å². The van der Waals surface area contributed by atoms with E-state index in [0.717, 1.165) is 12.8 Å². The molecule has 0 spiro atoms. The third-order valence-corrected chi connectivity index (χ3v) is 3.76. The molecule has 0 bridgehead atoms. The van der Waals surface area contributed by atoms with Gasteiger partial charge in [0, 0.05) is 12.6 Å². The smallest absolute Gasteiger partial charge is 0.407 e. The van der Waals surface area contributed by atoms with Gasteiger partial charge in [0.15, 0.2) is 0 Å². The van der Waals surface area contributed by atoms with Crippen molar-refractivity contribution in [3.8, 4) is 0 Å². The standard InChI is InChI=1S/C14H28N2O2/c1-13(2,3)18-12(17)16-11(10-15)14(4)8-6-5-7-9-14/h11H,5-10,15H2,1-4H3,(H,16,17). The fraction of sp³-hybridized carbons (Fsp3) is 0.929. The van der Waals surface area contributed by atoms with Crippen molar-refractivity contribution < 1.29 is 9.53 Å². The molecule has 4 nitrogen and oxygen atoms in total. The molecule has 0 aromatic rings. The molecule has 4 heteroatoms. The summed E-state index contributed by atoms with van der Waals surface area (Å²) in [6.45, 7) is 8.29. The Kier molecular flexibility index (Phi) is 5.02. The average molecular weight is 256 g/mol. The summed E-state index contributed by atoms with van der Waals surface area (Å²) in [5.74, 6) is 0. The second-order valence-corrected chi connectivity index (χ2v) is 6.65. The van der Waals surface area contributed by atoms with Gasteiger partial charge in [0.2, 0.25) is 0 Å². The highest BCUT2D eigenvalue weighted by Gasteiger charge is 2.36. The topological polar surface area (TPSA) is 64.3 Å². The Morgan fingerprint density at radius 1 is 1.33 bits per heavy atom. The average Bonchev–Trinajstić information content (AvgIpc) is 2.24. The minimum Gasteiger partial charge on any atom is -0.444 e. The molecule has 1 rings (SSSR count). The van der Waals surface area contributed by atoms with Gasteiger partial charge in [0.1, 0.15) is 5.60 Å². The first-order chi connectivity index (χ1) is 8.27. The van der Waals surface area contributed by atoms with Gasteiger partial charge in [-0.25, -0.2) is 4.79 Å². The van der Waals surface area contributed by atoms with Gasteiger partial charge in [0.25, 0.3) is 0 Å². The van der Waals surface area contributed by atoms with E-state index in [1.54, 1.807) is 0 Å². The Hall–Kier alpha value is -0.770. The third-order valence-electron chi connectivity index (χ3n) is 3.76. The lowest BCUT2D eigenvalue weighted by molar-refractivity contribution is 0.0422. The van der Waals surface area contributed by atoms with Crippen LogP contribution in [0.3, 0.4) is 0 Å². The molecular weight excluding hydrogens is 228 g/mol. The molecule has 1 saturated carbocycles. The number of nitrogens with two attached hydrogens (primary N) is 1. The Morgan fingerprint density at radius 2 is 1.89 bits per heavy atom. The molecular formula is C14H28N2O2. The summed E-state index contributed by atoms with van der Waals surface area (Å²) in [5.41, 5.74) is 5.48. The lowest BCUT2D eigenvalue weighted by atomic mass is 9.70. The van der Waals surface area contributed by atoms with E-state index in [4.69, 9.17) is 10.5 Å². The van der Waals surface area contributed by atoms with Crippen molar-refractivity contribution in [1.82, 2.24) is 5.32 Å². The number of alkyl carbamates (subject to hydrolysis) is 1. The lowest BCUT2D eigenvalue weighted by Crippen LogP contribution is -2.52. The molecule has 1 aliphatic rings. The van der Waals surface area contributed by atoms with Crippen LogP contribution in [0.1, 0.15) is 59.8 Å². The summed E-state index contributed by atoms with van der Waals surface area (Å²) < 4.78 is 5.30. The van der Waals surface area contributed by atoms with Crippen LogP contribution in [0.4, 0.5) is 4.79 Å². The number of ether oxygens (including phenoxy) is 1. The minimum absolute atomic E-state index is 0.00708. The fourth-order valence-corrected chi connectivity index (χ4v) is 2.68. The van der Waals surface area contributed by atoms with Gasteiger partial charge in [-0.1, -0.05) is 26.2 Å². The van der Waals surface area contributed by atoms with Gasteiger partial charge in [-0.15, -0.1) is 0 Å². The van der Waals surface area contributed by atoms with Crippen molar-refractivity contribution >= 4 is 6.09 Å². The summed E-state index contributed by atoms with van der Waals surface area (Å²) in [7, 11) is 0. The van der Waals surface area contributed by atoms with Gasteiger partial charge in [-0.2, -0.15) is 0 Å². The van der Waals surface area contributed by atoms with Crippen molar-refractivity contribution in [1.29, 1.82) is 0 Å². The van der Waals surface area contributed by atoms with Crippen LogP contribution in [-0.4, -0.2) is 24.3 Å². The quantitative estimate of drug-likeness (QED) is 0.816. The van der Waals surface area contributed by atoms with Crippen LogP contribution in [0.15, 0.2) is 0 Å². The summed E-state index contributed by atoms with van der Waals surface area (Å²) in [4.78, 5) is 11.8. The van der Waals surface area contributed by atoms with Crippen molar-refractivity contribution in [2.75, 3.05) is 6.54 Å². The van der Waals surface area contributed by atoms with E-state index in [1.807, 2.05) is 20.8 Å². The summed E-state index contributed by atoms with van der Waals surface area (Å²) in [6.07, 6.45) is 5.64. The van der Waals surface area contributed by atoms with Crippen LogP contribution in [0.25, 0.3) is 0 Å². The molecule has 1 unspecified atom stereocenters. The number of nitrogens with one attached hydrogen (secondary N) is 1. The molecule has 0 aromatic carbocycles. The molecule has 3 N–H and O–H groups in total. The van der Waals surface area contributed by atoms with E-state index in [1.165, 1.54) is 19.3 Å². The SMILES string of the molecule is CC(C)(C)OC(=O)NC(CN)C1(C)CCCCC1. The van der Waals surface area contributed by atoms with E-state index in [-0.39, 0.29) is 17.6 Å². The van der Waals surface area contributed by atoms with Crippen molar-refractivity contribution in [3.05, 3.63) is 0 Å². The van der Waals surface area contributed by atoms with Crippen LogP contribution in [0, 0.1) is 5.41 Å². The monoisotopic (exact) mass is 256 g/mol. The molecule has 0 aliphatic heterocycles. The predicted molar refractivity (Wildman–Crippen MR) is 73.4 cm³/mol. The third kappa shape index (κ3) is 4.48. The maximum atomic E-state index is 11.8. The molecule has 1 amide bonds. The predicted octanol–water partition coefficient (Wildman–Crippen LogP) is 2.81. The fourth-order valence-electron chi connectivity index (χ4n) is 2.68. The normalized spacial score (nSPS) is 21.2. The molecule has 106 valence electrons. The van der Waals surface area contributed by atoms with E-state index in [9.17, 15) is 4.79 Å². The van der Waals surface area contributed by atoms with E-state index < -0.39 is 5.60 Å². The maximum Gasteiger partial charge on any atom is 0.407 e. The van der Waals surface area contributed by atoms with E-state index in [2.05, 4.69) is 12.2 Å². The second-order valence-electron chi connectivity index (χ2n) is 6.65. The van der Waals surface area contributed by atoms with E-state index >= 15 is 0 Å². The lowest BCUT2D eigenvalue weighted by Gasteiger charge is -2.40. The van der Waals surface area contributed by atoms with Crippen LogP contribution in [-0.2, 0) is 4.74 Å². The van der Waals surface area contributed by atoms with Crippen molar-refractivity contribution in [2.45, 2.75) is 71.4 Å². The number of carbonyl (C=O) groups is 1. The zero-order valence-corrected chi connectivity index (χ0v) is 12.2. The molecule has 1 fully saturated rings. The number of carbonyl (C=O) groups excluding carboxylic acids is 1. The highest BCUT2D eigenvalue weighted by molar-refractivity contribution is 5.68. The number of rotatable bonds is 3. The first-order valence-corrected chi connectivity index (χ1v) is 6.96. The summed E-state index contributed by atoms with van der Waals surface area (Å²) in [5, 5.41) is 2.95. The van der Waals surface area contributed by atoms with Crippen LogP contribution < -0.4 is 11.1 Å². The number of hydrogen-bond donors (Lipinski definition) is 2. The Bertz CT molecular complexity index is 278. The zero-order chi connectivity index (χ0) is 13.8.